The number of nitrogens with zero attached hydrogens (tertiary/aromatic N) is 2. The number of aliphatic carboxylic acids is 1. The lowest BCUT2D eigenvalue weighted by Gasteiger charge is -1.59. The Labute approximate surface area is 59.8 Å². The Bertz CT molecular complexity index is 128. The van der Waals surface area contributed by atoms with E-state index in [1.54, 1.807) is 0 Å². The molecule has 0 aromatic heterocycles. The van der Waals surface area contributed by atoms with Crippen LogP contribution in [0.1, 0.15) is 6.92 Å². The third kappa shape index (κ3) is 3920. The lowest BCUT2D eigenvalue weighted by Crippen LogP contribution is -1.78. The molecule has 0 saturated carbocycles. The second kappa shape index (κ2) is 15.8. The number of carboxylic acid groups (broad SMARTS) is 1. The molecule has 0 aromatic rings. The smallest absolute Gasteiger partial charge is 0.300 e. The summed E-state index contributed by atoms with van der Waals surface area (Å²) in [6, 6.07) is 2.47. The van der Waals surface area contributed by atoms with Crippen molar-refractivity contribution in [1.82, 2.24) is 0 Å². The van der Waals surface area contributed by atoms with Gasteiger partial charge in [-0.25, -0.2) is 0 Å². The van der Waals surface area contributed by atoms with E-state index in [9.17, 15) is 0 Å². The molecule has 9 heavy (non-hydrogen) atoms. The van der Waals surface area contributed by atoms with E-state index in [-0.39, 0.29) is 13.5 Å². The first-order valence-electron chi connectivity index (χ1n) is 1.62. The van der Waals surface area contributed by atoms with Crippen LogP contribution >= 0.6 is 13.5 Å². The third-order valence-electron chi connectivity index (χ3n) is 0.0500. The van der Waals surface area contributed by atoms with Gasteiger partial charge in [-0.15, -0.1) is 0 Å². The van der Waals surface area contributed by atoms with Crippen LogP contribution in [0.2, 0.25) is 0 Å². The van der Waals surface area contributed by atoms with Crippen molar-refractivity contribution in [2.45, 2.75) is 6.92 Å². The van der Waals surface area contributed by atoms with Crippen molar-refractivity contribution in [3.05, 3.63) is 0 Å². The van der Waals surface area contributed by atoms with E-state index in [0.717, 1.165) is 6.92 Å². The van der Waals surface area contributed by atoms with Crippen molar-refractivity contribution in [1.29, 1.82) is 10.5 Å². The molecule has 0 rings (SSSR count). The molecule has 1 N–H and O–H groups in total. The van der Waals surface area contributed by atoms with E-state index < -0.39 is 5.97 Å². The summed E-state index contributed by atoms with van der Waals surface area (Å²) in [6.07, 6.45) is 0. The molecule has 5 heteroatoms. The molecule has 0 unspecified atom stereocenters. The first kappa shape index (κ1) is 15.7. The fourth-order valence-electron chi connectivity index (χ4n) is 0. The third-order valence-corrected chi connectivity index (χ3v) is 0.0500. The lowest BCUT2D eigenvalue weighted by molar-refractivity contribution is -0.134. The van der Waals surface area contributed by atoms with Gasteiger partial charge in [0.25, 0.3) is 5.97 Å². The number of hydrogen-bond acceptors (Lipinski definition) is 3. The average molecular weight is 146 g/mol. The van der Waals surface area contributed by atoms with Crippen molar-refractivity contribution in [2.75, 3.05) is 0 Å². The van der Waals surface area contributed by atoms with Crippen LogP contribution in [0.15, 0.2) is 0 Å². The molecule has 0 fully saturated rings. The van der Waals surface area contributed by atoms with Gasteiger partial charge in [0.1, 0.15) is 0 Å². The average Bonchev–Trinajstić information content (AvgIpc) is 1.65. The fourth-order valence-corrected chi connectivity index (χ4v) is 0. The maximum atomic E-state index is 9.00. The molecule has 0 saturated heterocycles. The molecule has 0 aliphatic carbocycles. The number of carboxylic acids is 1. The van der Waals surface area contributed by atoms with E-state index in [4.69, 9.17) is 20.4 Å². The summed E-state index contributed by atoms with van der Waals surface area (Å²) in [5.41, 5.74) is 0. The van der Waals surface area contributed by atoms with Gasteiger partial charge in [-0.1, -0.05) is 0 Å². The zero-order valence-corrected chi connectivity index (χ0v) is 5.75. The van der Waals surface area contributed by atoms with Crippen LogP contribution in [0.3, 0.4) is 0 Å². The maximum Gasteiger partial charge on any atom is 0.300 e. The minimum absolute atomic E-state index is 0. The van der Waals surface area contributed by atoms with E-state index in [1.807, 2.05) is 0 Å². The minimum Gasteiger partial charge on any atom is -0.481 e. The highest BCUT2D eigenvalue weighted by molar-refractivity contribution is 7.59. The molecule has 0 spiro atoms. The molecule has 0 aromatic carbocycles. The summed E-state index contributed by atoms with van der Waals surface area (Å²) in [4.78, 5) is 9.00. The first-order valence-corrected chi connectivity index (χ1v) is 1.62. The van der Waals surface area contributed by atoms with Crippen LogP contribution in [0, 0.1) is 22.7 Å². The van der Waals surface area contributed by atoms with Crippen LogP contribution in [0.5, 0.6) is 0 Å². The summed E-state index contributed by atoms with van der Waals surface area (Å²) < 4.78 is 0. The predicted molar refractivity (Wildman–Crippen MR) is 34.9 cm³/mol. The second-order valence-corrected chi connectivity index (χ2v) is 0.743. The SMILES string of the molecule is CC(=O)O.N#CC#N.S. The predicted octanol–water partition coefficient (Wildman–Crippen LogP) is 0.237. The Morgan fingerprint density at radius 3 is 1.56 bits per heavy atom. The van der Waals surface area contributed by atoms with Gasteiger partial charge in [0, 0.05) is 6.92 Å². The molecule has 50 valence electrons. The van der Waals surface area contributed by atoms with Gasteiger partial charge in [0.15, 0.2) is 12.1 Å². The quantitative estimate of drug-likeness (QED) is 0.530. The zero-order chi connectivity index (χ0) is 6.99. The van der Waals surface area contributed by atoms with Gasteiger partial charge in [0.2, 0.25) is 0 Å². The van der Waals surface area contributed by atoms with Gasteiger partial charge >= 0.3 is 0 Å². The molecule has 0 bridgehead atoms. The highest BCUT2D eigenvalue weighted by atomic mass is 32.1. The largest absolute Gasteiger partial charge is 0.481 e. The Balaban J connectivity index is -0.0000000720. The maximum absolute atomic E-state index is 9.00. The van der Waals surface area contributed by atoms with E-state index in [1.165, 1.54) is 12.1 Å². The molecule has 0 amide bonds. The minimum atomic E-state index is -0.833. The number of rotatable bonds is 0. The van der Waals surface area contributed by atoms with Crippen LogP contribution in [0.25, 0.3) is 0 Å². The van der Waals surface area contributed by atoms with Crippen LogP contribution in [-0.2, 0) is 4.79 Å². The Morgan fingerprint density at radius 2 is 1.56 bits per heavy atom. The highest BCUT2D eigenvalue weighted by Gasteiger charge is 1.65. The molecule has 0 aliphatic rings. The first-order chi connectivity index (χ1) is 3.65. The highest BCUT2D eigenvalue weighted by Crippen LogP contribution is 1.42. The second-order valence-electron chi connectivity index (χ2n) is 0.743. The van der Waals surface area contributed by atoms with Crippen molar-refractivity contribution >= 4 is 19.5 Å². The lowest BCUT2D eigenvalue weighted by atomic mass is 10.9. The van der Waals surface area contributed by atoms with Crippen LogP contribution in [-0.4, -0.2) is 11.1 Å². The molecular formula is C4H6N2O2S. The van der Waals surface area contributed by atoms with Crippen molar-refractivity contribution in [2.24, 2.45) is 0 Å². The summed E-state index contributed by atoms with van der Waals surface area (Å²) in [7, 11) is 0. The van der Waals surface area contributed by atoms with Crippen LogP contribution < -0.4 is 0 Å². The Kier molecular flexibility index (Phi) is 27.6. The summed E-state index contributed by atoms with van der Waals surface area (Å²) in [6.45, 7) is 1.08. The Morgan fingerprint density at radius 1 is 1.44 bits per heavy atom. The summed E-state index contributed by atoms with van der Waals surface area (Å²) in [5, 5.41) is 21.9. The molecular weight excluding hydrogens is 140 g/mol. The number of nitriles is 2. The number of carbonyl (C=O) groups is 1. The van der Waals surface area contributed by atoms with Crippen molar-refractivity contribution in [3.8, 4) is 12.1 Å². The van der Waals surface area contributed by atoms with E-state index in [2.05, 4.69) is 0 Å². The number of hydrogen-bond donors (Lipinski definition) is 1. The van der Waals surface area contributed by atoms with E-state index >= 15 is 0 Å². The van der Waals surface area contributed by atoms with Crippen molar-refractivity contribution in [3.63, 3.8) is 0 Å². The van der Waals surface area contributed by atoms with Gasteiger partial charge in [-0.2, -0.15) is 24.0 Å². The topological polar surface area (TPSA) is 84.9 Å². The molecule has 0 radical (unpaired) electrons. The van der Waals surface area contributed by atoms with E-state index in [0.29, 0.717) is 0 Å². The zero-order valence-electron chi connectivity index (χ0n) is 4.75. The molecule has 0 aliphatic heterocycles. The van der Waals surface area contributed by atoms with Crippen LogP contribution in [0.4, 0.5) is 0 Å². The van der Waals surface area contributed by atoms with Gasteiger partial charge in [-0.3, -0.25) is 4.79 Å². The normalized spacial score (nSPS) is 3.89. The molecule has 0 atom stereocenters. The monoisotopic (exact) mass is 146 g/mol. The standard InChI is InChI=1S/C2N2.C2H4O2.H2S/c3-1-2-4;1-2(3)4;/h;1H3,(H,3,4);1H2. The molecule has 0 heterocycles. The van der Waals surface area contributed by atoms with Gasteiger partial charge in [0.05, 0.1) is 0 Å². The van der Waals surface area contributed by atoms with Crippen molar-refractivity contribution < 1.29 is 9.90 Å². The van der Waals surface area contributed by atoms with Gasteiger partial charge in [-0.05, 0) is 0 Å². The summed E-state index contributed by atoms with van der Waals surface area (Å²) in [5.74, 6) is -0.833. The summed E-state index contributed by atoms with van der Waals surface area (Å²) >= 11 is 0. The Hall–Kier alpha value is -1.20. The molecule has 4 nitrogen and oxygen atoms in total. The fraction of sp³-hybridized carbons (Fsp3) is 0.250. The van der Waals surface area contributed by atoms with Gasteiger partial charge < -0.3 is 5.11 Å².